The Bertz CT molecular complexity index is 924. The second-order valence-electron chi connectivity index (χ2n) is 8.25. The van der Waals surface area contributed by atoms with Crippen LogP contribution >= 0.6 is 0 Å². The van der Waals surface area contributed by atoms with Gasteiger partial charge < -0.3 is 0 Å². The molecule has 1 nitrogen and oxygen atoms in total. The zero-order valence-corrected chi connectivity index (χ0v) is 15.1. The number of carbonyl (C=O) groups is 1. The van der Waals surface area contributed by atoms with E-state index in [0.29, 0.717) is 5.78 Å². The fraction of sp³-hybridized carbons (Fsp3) is 0.320. The standard InChI is InChI=1S/C25H24O/c26-24-17-25(12-4-5-13-25)16-22-11-10-21(15-23(22)24)20-9-8-19(14-20)18-6-2-1-3-7-18/h1-3,6-8,10-11,14-15H,4-5,9,12-13,16-17H2. The highest BCUT2D eigenvalue weighted by Gasteiger charge is 2.40. The number of ketones is 1. The molecule has 26 heavy (non-hydrogen) atoms. The van der Waals surface area contributed by atoms with E-state index in [0.717, 1.165) is 24.8 Å². The molecule has 0 saturated heterocycles. The maximum Gasteiger partial charge on any atom is 0.163 e. The Hall–Kier alpha value is -2.41. The average molecular weight is 340 g/mol. The van der Waals surface area contributed by atoms with Crippen molar-refractivity contribution in [3.8, 4) is 0 Å². The Balaban J connectivity index is 1.44. The third-order valence-corrected chi connectivity index (χ3v) is 6.53. The largest absolute Gasteiger partial charge is 0.294 e. The van der Waals surface area contributed by atoms with E-state index >= 15 is 0 Å². The lowest BCUT2D eigenvalue weighted by Gasteiger charge is -2.34. The summed E-state index contributed by atoms with van der Waals surface area (Å²) >= 11 is 0. The quantitative estimate of drug-likeness (QED) is 0.632. The Labute approximate surface area is 155 Å². The molecule has 130 valence electrons. The molecule has 0 radical (unpaired) electrons. The van der Waals surface area contributed by atoms with Crippen LogP contribution in [0.4, 0.5) is 0 Å². The summed E-state index contributed by atoms with van der Waals surface area (Å²) in [5.41, 5.74) is 7.62. The van der Waals surface area contributed by atoms with Crippen molar-refractivity contribution < 1.29 is 4.79 Å². The molecule has 0 aromatic heterocycles. The topological polar surface area (TPSA) is 17.1 Å². The lowest BCUT2D eigenvalue weighted by atomic mass is 9.69. The van der Waals surface area contributed by atoms with Crippen LogP contribution in [0.5, 0.6) is 0 Å². The molecular weight excluding hydrogens is 316 g/mol. The first kappa shape index (κ1) is 15.8. The SMILES string of the molecule is O=C1CC2(CCCC2)Cc2ccc(C3=CC(c4ccccc4)=CC3)cc21. The lowest BCUT2D eigenvalue weighted by Crippen LogP contribution is -2.30. The molecule has 0 atom stereocenters. The maximum absolute atomic E-state index is 12.9. The molecule has 0 aliphatic heterocycles. The van der Waals surface area contributed by atoms with Gasteiger partial charge in [0, 0.05) is 12.0 Å². The van der Waals surface area contributed by atoms with Gasteiger partial charge in [-0.1, -0.05) is 67.5 Å². The number of carbonyl (C=O) groups excluding carboxylic acids is 1. The molecule has 2 aromatic carbocycles. The minimum absolute atomic E-state index is 0.278. The van der Waals surface area contributed by atoms with Gasteiger partial charge in [0.15, 0.2) is 5.78 Å². The van der Waals surface area contributed by atoms with E-state index in [1.54, 1.807) is 0 Å². The second-order valence-corrected chi connectivity index (χ2v) is 8.25. The fourth-order valence-electron chi connectivity index (χ4n) is 5.13. The van der Waals surface area contributed by atoms with E-state index in [4.69, 9.17) is 0 Å². The smallest absolute Gasteiger partial charge is 0.163 e. The summed E-state index contributed by atoms with van der Waals surface area (Å²) < 4.78 is 0. The minimum Gasteiger partial charge on any atom is -0.294 e. The van der Waals surface area contributed by atoms with E-state index in [2.05, 4.69) is 60.7 Å². The van der Waals surface area contributed by atoms with Gasteiger partial charge in [0.05, 0.1) is 0 Å². The van der Waals surface area contributed by atoms with E-state index in [1.165, 1.54) is 53.5 Å². The summed E-state index contributed by atoms with van der Waals surface area (Å²) in [7, 11) is 0. The summed E-state index contributed by atoms with van der Waals surface area (Å²) in [6.07, 6.45) is 12.4. The van der Waals surface area contributed by atoms with Crippen molar-refractivity contribution in [2.45, 2.75) is 44.9 Å². The summed E-state index contributed by atoms with van der Waals surface area (Å²) in [5, 5.41) is 0. The lowest BCUT2D eigenvalue weighted by molar-refractivity contribution is 0.0888. The molecule has 0 amide bonds. The van der Waals surface area contributed by atoms with Crippen LogP contribution in [0.2, 0.25) is 0 Å². The average Bonchev–Trinajstić information content (AvgIpc) is 3.32. The molecule has 1 saturated carbocycles. The van der Waals surface area contributed by atoms with Crippen LogP contribution in [0.15, 0.2) is 60.7 Å². The first-order valence-electron chi connectivity index (χ1n) is 9.85. The van der Waals surface area contributed by atoms with Crippen molar-refractivity contribution >= 4 is 16.9 Å². The van der Waals surface area contributed by atoms with Gasteiger partial charge in [-0.15, -0.1) is 0 Å². The first-order valence-corrected chi connectivity index (χ1v) is 9.85. The number of allylic oxidation sites excluding steroid dienone is 4. The maximum atomic E-state index is 12.9. The molecule has 3 aliphatic carbocycles. The van der Waals surface area contributed by atoms with Crippen molar-refractivity contribution in [1.29, 1.82) is 0 Å². The Morgan fingerprint density at radius 2 is 1.65 bits per heavy atom. The molecule has 0 heterocycles. The van der Waals surface area contributed by atoms with Crippen LogP contribution < -0.4 is 0 Å². The van der Waals surface area contributed by atoms with Crippen molar-refractivity contribution in [3.05, 3.63) is 82.9 Å². The third-order valence-electron chi connectivity index (χ3n) is 6.53. The number of fused-ring (bicyclic) bond motifs is 1. The Morgan fingerprint density at radius 3 is 2.46 bits per heavy atom. The molecule has 2 aromatic rings. The summed E-state index contributed by atoms with van der Waals surface area (Å²) in [4.78, 5) is 12.9. The summed E-state index contributed by atoms with van der Waals surface area (Å²) in [5.74, 6) is 0.366. The number of benzene rings is 2. The van der Waals surface area contributed by atoms with Crippen LogP contribution in [-0.4, -0.2) is 5.78 Å². The van der Waals surface area contributed by atoms with Crippen molar-refractivity contribution in [2.75, 3.05) is 0 Å². The van der Waals surface area contributed by atoms with Crippen molar-refractivity contribution in [1.82, 2.24) is 0 Å². The van der Waals surface area contributed by atoms with Crippen LogP contribution in [0.3, 0.4) is 0 Å². The van der Waals surface area contributed by atoms with Gasteiger partial charge in [0.1, 0.15) is 0 Å². The first-order chi connectivity index (χ1) is 12.7. The molecule has 1 fully saturated rings. The summed E-state index contributed by atoms with van der Waals surface area (Å²) in [6.45, 7) is 0. The molecular formula is C25H24O. The van der Waals surface area contributed by atoms with Crippen LogP contribution in [-0.2, 0) is 6.42 Å². The predicted octanol–water partition coefficient (Wildman–Crippen LogP) is 6.25. The highest BCUT2D eigenvalue weighted by atomic mass is 16.1. The molecule has 3 aliphatic rings. The zero-order valence-electron chi connectivity index (χ0n) is 15.1. The van der Waals surface area contributed by atoms with Gasteiger partial charge >= 0.3 is 0 Å². The zero-order chi connectivity index (χ0) is 17.6. The number of rotatable bonds is 2. The Morgan fingerprint density at radius 1 is 0.846 bits per heavy atom. The van der Waals surface area contributed by atoms with Gasteiger partial charge in [-0.2, -0.15) is 0 Å². The molecule has 0 unspecified atom stereocenters. The normalized spacial score (nSPS) is 20.8. The van der Waals surface area contributed by atoms with Crippen LogP contribution in [0.1, 0.15) is 65.6 Å². The number of hydrogen-bond acceptors (Lipinski definition) is 1. The predicted molar refractivity (Wildman–Crippen MR) is 107 cm³/mol. The van der Waals surface area contributed by atoms with E-state index in [-0.39, 0.29) is 5.41 Å². The molecule has 1 spiro atoms. The molecule has 1 heteroatoms. The molecule has 0 bridgehead atoms. The van der Waals surface area contributed by atoms with E-state index in [9.17, 15) is 4.79 Å². The van der Waals surface area contributed by atoms with Crippen molar-refractivity contribution in [3.63, 3.8) is 0 Å². The van der Waals surface area contributed by atoms with E-state index in [1.807, 2.05) is 0 Å². The Kier molecular flexibility index (Phi) is 3.70. The van der Waals surface area contributed by atoms with Gasteiger partial charge in [-0.25, -0.2) is 0 Å². The van der Waals surface area contributed by atoms with Gasteiger partial charge in [0.25, 0.3) is 0 Å². The monoisotopic (exact) mass is 340 g/mol. The molecule has 0 N–H and O–H groups in total. The highest BCUT2D eigenvalue weighted by molar-refractivity contribution is 6.00. The third kappa shape index (κ3) is 2.67. The van der Waals surface area contributed by atoms with Crippen molar-refractivity contribution in [2.24, 2.45) is 5.41 Å². The molecule has 5 rings (SSSR count). The van der Waals surface area contributed by atoms with Gasteiger partial charge in [-0.05, 0) is 65.0 Å². The fourth-order valence-corrected chi connectivity index (χ4v) is 5.13. The van der Waals surface area contributed by atoms with Gasteiger partial charge in [-0.3, -0.25) is 4.79 Å². The number of hydrogen-bond donors (Lipinski definition) is 0. The minimum atomic E-state index is 0.278. The van der Waals surface area contributed by atoms with Crippen LogP contribution in [0, 0.1) is 5.41 Å². The van der Waals surface area contributed by atoms with E-state index < -0.39 is 0 Å². The number of Topliss-reactive ketones (excluding diaryl/α,β-unsaturated/α-hetero) is 1. The summed E-state index contributed by atoms with van der Waals surface area (Å²) in [6, 6.07) is 17.1. The second kappa shape index (κ2) is 6.09. The van der Waals surface area contributed by atoms with Crippen LogP contribution in [0.25, 0.3) is 11.1 Å². The highest BCUT2D eigenvalue weighted by Crippen LogP contribution is 2.48. The van der Waals surface area contributed by atoms with Gasteiger partial charge in [0.2, 0.25) is 0 Å².